The molecule has 2 aromatic rings. The summed E-state index contributed by atoms with van der Waals surface area (Å²) in [6, 6.07) is 9.69. The summed E-state index contributed by atoms with van der Waals surface area (Å²) in [5, 5.41) is 5.93. The number of hydrogen-bond donors (Lipinski definition) is 0. The van der Waals surface area contributed by atoms with Crippen LogP contribution in [-0.2, 0) is 0 Å². The van der Waals surface area contributed by atoms with E-state index in [4.69, 9.17) is 10.3 Å². The Hall–Kier alpha value is -1.83. The largest absolute Gasteiger partial charge is 0.660 e. The van der Waals surface area contributed by atoms with Gasteiger partial charge in [0.1, 0.15) is 5.88 Å². The Bertz CT molecular complexity index is 749. The molecule has 3 rings (SSSR count). The Kier molecular flexibility index (Phi) is 11.2. The minimum absolute atomic E-state index is 0. The van der Waals surface area contributed by atoms with Crippen molar-refractivity contribution in [1.82, 2.24) is 10.2 Å². The van der Waals surface area contributed by atoms with E-state index in [1.165, 1.54) is 0 Å². The predicted octanol–water partition coefficient (Wildman–Crippen LogP) is 4.07. The molecule has 0 amide bonds. The molecule has 1 fully saturated rings. The lowest BCUT2D eigenvalue weighted by Gasteiger charge is -2.30. The Balaban J connectivity index is 0.00000225. The molecule has 168 valence electrons. The van der Waals surface area contributed by atoms with Gasteiger partial charge in [-0.3, -0.25) is 9.69 Å². The highest BCUT2D eigenvalue weighted by Crippen LogP contribution is 2.22. The number of nitrogens with one attached hydrogen (secondary N) is 1. The van der Waals surface area contributed by atoms with Crippen molar-refractivity contribution in [2.24, 2.45) is 11.8 Å². The van der Waals surface area contributed by atoms with E-state index >= 15 is 0 Å². The maximum absolute atomic E-state index is 12.9. The van der Waals surface area contributed by atoms with Crippen LogP contribution in [0.1, 0.15) is 43.5 Å². The highest BCUT2D eigenvalue weighted by molar-refractivity contribution is 5.97. The lowest BCUT2D eigenvalue weighted by Crippen LogP contribution is -2.65. The van der Waals surface area contributed by atoms with Crippen molar-refractivity contribution in [1.29, 1.82) is 0 Å². The summed E-state index contributed by atoms with van der Waals surface area (Å²) in [6.45, 7) is 9.01. The van der Waals surface area contributed by atoms with Gasteiger partial charge >= 0.3 is 0 Å². The molecule has 1 aromatic carbocycles. The molecule has 1 aliphatic heterocycles. The Morgan fingerprint density at radius 3 is 2.40 bits per heavy atom. The van der Waals surface area contributed by atoms with Crippen LogP contribution in [0.25, 0.3) is 5.73 Å². The van der Waals surface area contributed by atoms with Gasteiger partial charge in [-0.05, 0) is 31.7 Å². The van der Waals surface area contributed by atoms with E-state index in [1.54, 1.807) is 11.0 Å². The van der Waals surface area contributed by atoms with Gasteiger partial charge in [0.15, 0.2) is 5.78 Å². The highest BCUT2D eigenvalue weighted by atomic mass is 35.5. The molecular formula is C21H33Cl2N5O2. The van der Waals surface area contributed by atoms with Crippen LogP contribution in [0.4, 0.5) is 5.88 Å². The molecule has 7 nitrogen and oxygen atoms in total. The number of rotatable bonds is 9. The molecular weight excluding hydrogens is 425 g/mol. The van der Waals surface area contributed by atoms with Gasteiger partial charge < -0.3 is 10.3 Å². The molecule has 9 heteroatoms. The molecule has 0 radical (unpaired) electrons. The van der Waals surface area contributed by atoms with Gasteiger partial charge in [-0.1, -0.05) is 44.2 Å². The number of Topliss-reactive ketones (excluding diaryl/α,β-unsaturated/α-hetero) is 1. The fourth-order valence-electron chi connectivity index (χ4n) is 3.86. The maximum atomic E-state index is 12.9. The van der Waals surface area contributed by atoms with Crippen molar-refractivity contribution in [3.63, 3.8) is 0 Å². The second kappa shape index (κ2) is 12.8. The molecule has 1 atom stereocenters. The molecule has 1 aromatic heterocycles. The van der Waals surface area contributed by atoms with Gasteiger partial charge in [-0.25, -0.2) is 0 Å². The molecule has 1 N–H and O–H groups in total. The molecule has 1 saturated heterocycles. The van der Waals surface area contributed by atoms with E-state index in [2.05, 4.69) is 29.0 Å². The molecule has 2 heterocycles. The average molecular weight is 458 g/mol. The quantitative estimate of drug-likeness (QED) is 0.418. The highest BCUT2D eigenvalue weighted by Gasteiger charge is 2.25. The van der Waals surface area contributed by atoms with Crippen molar-refractivity contribution in [2.45, 2.75) is 33.1 Å². The summed E-state index contributed by atoms with van der Waals surface area (Å²) in [6.07, 6.45) is 4.50. The topological polar surface area (TPSA) is 77.3 Å². The molecule has 0 aliphatic carbocycles. The lowest BCUT2D eigenvalue weighted by atomic mass is 9.86. The number of carbonyl (C=O) groups is 1. The van der Waals surface area contributed by atoms with Crippen LogP contribution >= 0.6 is 24.8 Å². The summed E-state index contributed by atoms with van der Waals surface area (Å²) in [5.41, 5.74) is 8.27. The Morgan fingerprint density at radius 2 is 1.83 bits per heavy atom. The van der Waals surface area contributed by atoms with Crippen molar-refractivity contribution >= 4 is 36.5 Å². The van der Waals surface area contributed by atoms with Gasteiger partial charge in [0.25, 0.3) is 6.20 Å². The summed E-state index contributed by atoms with van der Waals surface area (Å²) >= 11 is 0. The minimum atomic E-state index is 0. The third-order valence-corrected chi connectivity index (χ3v) is 5.31. The van der Waals surface area contributed by atoms with Gasteiger partial charge in [0.2, 0.25) is 5.27 Å². The van der Waals surface area contributed by atoms with Crippen molar-refractivity contribution in [3.05, 3.63) is 47.8 Å². The van der Waals surface area contributed by atoms with E-state index in [-0.39, 0.29) is 42.4 Å². The smallest absolute Gasteiger partial charge is 0.256 e. The van der Waals surface area contributed by atoms with Gasteiger partial charge in [0, 0.05) is 24.6 Å². The zero-order chi connectivity index (χ0) is 19.9. The number of benzene rings is 1. The number of carbonyl (C=O) groups excluding carboxylic acids is 1. The Labute approximate surface area is 191 Å². The fraction of sp³-hybridized carbons (Fsp3) is 0.571. The number of piperazine rings is 1. The molecule has 1 aliphatic rings. The van der Waals surface area contributed by atoms with E-state index in [0.717, 1.165) is 57.5 Å². The summed E-state index contributed by atoms with van der Waals surface area (Å²) in [4.78, 5) is 17.0. The fourth-order valence-corrected chi connectivity index (χ4v) is 3.86. The molecule has 0 saturated carbocycles. The van der Waals surface area contributed by atoms with Crippen LogP contribution in [0.15, 0.2) is 41.1 Å². The second-order valence-corrected chi connectivity index (χ2v) is 7.98. The van der Waals surface area contributed by atoms with E-state index in [9.17, 15) is 4.79 Å². The number of nitrogens with zero attached hydrogens (tertiary/aromatic N) is 4. The van der Waals surface area contributed by atoms with Crippen LogP contribution in [0, 0.1) is 11.8 Å². The van der Waals surface area contributed by atoms with E-state index in [0.29, 0.717) is 5.92 Å². The zero-order valence-corrected chi connectivity index (χ0v) is 19.3. The number of ketones is 1. The first-order chi connectivity index (χ1) is 13.5. The summed E-state index contributed by atoms with van der Waals surface area (Å²) in [5.74, 6) is 0.974. The van der Waals surface area contributed by atoms with Gasteiger partial charge in [0.05, 0.1) is 17.9 Å². The molecule has 0 spiro atoms. The van der Waals surface area contributed by atoms with Gasteiger partial charge in [-0.2, -0.15) is 5.01 Å². The second-order valence-electron chi connectivity index (χ2n) is 7.98. The van der Waals surface area contributed by atoms with Crippen molar-refractivity contribution < 1.29 is 14.1 Å². The Morgan fingerprint density at radius 1 is 1.17 bits per heavy atom. The zero-order valence-electron chi connectivity index (χ0n) is 17.7. The SMILES string of the molecule is CC(C)CC(CCCN1CCN([n+]2cc([NH-])on2)CC1)C(=O)c1ccccc1.Cl.Cl. The molecule has 0 bridgehead atoms. The van der Waals surface area contributed by atoms with Crippen LogP contribution in [0.5, 0.6) is 0 Å². The predicted molar refractivity (Wildman–Crippen MR) is 123 cm³/mol. The number of aromatic nitrogens is 2. The number of hydrogen-bond acceptors (Lipinski definition) is 5. The van der Waals surface area contributed by atoms with Crippen LogP contribution in [0.3, 0.4) is 0 Å². The lowest BCUT2D eigenvalue weighted by molar-refractivity contribution is -0.759. The minimum Gasteiger partial charge on any atom is -0.660 e. The van der Waals surface area contributed by atoms with E-state index in [1.807, 2.05) is 30.3 Å². The van der Waals surface area contributed by atoms with Crippen molar-refractivity contribution in [3.8, 4) is 0 Å². The standard InChI is InChI=1S/C21H31N5O2.2ClH/c1-17(2)15-19(21(27)18-7-4-3-5-8-18)9-6-10-24-11-13-25(14-12-24)26-16-20(22)28-23-26;;/h3-5,7-8,16-17,19H,6,9-15H2,1-2H3,(H-,22,23);2*1H. The first-order valence-corrected chi connectivity index (χ1v) is 10.2. The monoisotopic (exact) mass is 457 g/mol. The normalized spacial score (nSPS) is 15.4. The third-order valence-electron chi connectivity index (χ3n) is 5.31. The third kappa shape index (κ3) is 7.45. The van der Waals surface area contributed by atoms with Crippen molar-refractivity contribution in [2.75, 3.05) is 37.7 Å². The first-order valence-electron chi connectivity index (χ1n) is 10.2. The average Bonchev–Trinajstić information content (AvgIpc) is 3.14. The van der Waals surface area contributed by atoms with E-state index < -0.39 is 0 Å². The summed E-state index contributed by atoms with van der Waals surface area (Å²) in [7, 11) is 0. The first kappa shape index (κ1) is 26.2. The van der Waals surface area contributed by atoms with Gasteiger partial charge in [-0.15, -0.1) is 24.8 Å². The maximum Gasteiger partial charge on any atom is 0.256 e. The molecule has 1 unspecified atom stereocenters. The van der Waals surface area contributed by atoms with Crippen LogP contribution in [0.2, 0.25) is 0 Å². The van der Waals surface area contributed by atoms with Crippen LogP contribution < -0.4 is 9.80 Å². The summed E-state index contributed by atoms with van der Waals surface area (Å²) < 4.78 is 4.82. The van der Waals surface area contributed by atoms with Crippen LogP contribution in [-0.4, -0.2) is 48.7 Å². The molecule has 30 heavy (non-hydrogen) atoms. The number of halogens is 2.